The van der Waals surface area contributed by atoms with Crippen molar-refractivity contribution >= 4 is 11.9 Å². The summed E-state index contributed by atoms with van der Waals surface area (Å²) in [4.78, 5) is 26.8. The lowest BCUT2D eigenvalue weighted by Crippen LogP contribution is -2.40. The fraction of sp³-hybridized carbons (Fsp3) is 0.429. The minimum Gasteiger partial charge on any atom is -0.481 e. The number of nitrogens with zero attached hydrogens (tertiary/aromatic N) is 2. The summed E-state index contributed by atoms with van der Waals surface area (Å²) in [6.45, 7) is 6.63. The number of hydrogen-bond donors (Lipinski definition) is 1. The number of aryl methyl sites for hydroxylation is 3. The van der Waals surface area contributed by atoms with Crippen molar-refractivity contribution in [3.8, 4) is 5.69 Å². The molecule has 2 heterocycles. The van der Waals surface area contributed by atoms with Crippen molar-refractivity contribution in [2.75, 3.05) is 26.8 Å². The number of ether oxygens (including phenoxy) is 1. The molecule has 0 bridgehead atoms. The topological polar surface area (TPSA) is 71.8 Å². The second kappa shape index (κ2) is 7.19. The van der Waals surface area contributed by atoms with Crippen LogP contribution in [0.4, 0.5) is 0 Å². The van der Waals surface area contributed by atoms with Crippen LogP contribution in [0.5, 0.6) is 0 Å². The maximum absolute atomic E-state index is 13.3. The van der Waals surface area contributed by atoms with Gasteiger partial charge >= 0.3 is 5.97 Å². The number of rotatable bonds is 5. The summed E-state index contributed by atoms with van der Waals surface area (Å²) in [6, 6.07) is 9.87. The predicted molar refractivity (Wildman–Crippen MR) is 102 cm³/mol. The molecule has 3 rings (SSSR count). The zero-order valence-electron chi connectivity index (χ0n) is 16.3. The van der Waals surface area contributed by atoms with Gasteiger partial charge in [0, 0.05) is 31.6 Å². The molecule has 1 aliphatic rings. The number of carboxylic acids is 1. The first kappa shape index (κ1) is 19.2. The van der Waals surface area contributed by atoms with Crippen molar-refractivity contribution < 1.29 is 19.4 Å². The Bertz CT molecular complexity index is 867. The quantitative estimate of drug-likeness (QED) is 0.878. The van der Waals surface area contributed by atoms with Crippen LogP contribution < -0.4 is 0 Å². The molecule has 0 saturated carbocycles. The van der Waals surface area contributed by atoms with Crippen LogP contribution >= 0.6 is 0 Å². The lowest BCUT2D eigenvalue weighted by Gasteiger charge is -2.25. The van der Waals surface area contributed by atoms with Crippen LogP contribution in [-0.2, 0) is 9.53 Å². The number of benzene rings is 1. The summed E-state index contributed by atoms with van der Waals surface area (Å²) in [5, 5.41) is 9.66. The van der Waals surface area contributed by atoms with Crippen molar-refractivity contribution in [2.24, 2.45) is 5.41 Å². The van der Waals surface area contributed by atoms with Crippen molar-refractivity contribution in [1.29, 1.82) is 0 Å². The lowest BCUT2D eigenvalue weighted by molar-refractivity contribution is -0.151. The molecular formula is C21H26N2O4. The fourth-order valence-electron chi connectivity index (χ4n) is 3.91. The second-order valence-corrected chi connectivity index (χ2v) is 7.47. The smallest absolute Gasteiger partial charge is 0.313 e. The summed E-state index contributed by atoms with van der Waals surface area (Å²) in [6.07, 6.45) is 0.393. The number of carboxylic acid groups (broad SMARTS) is 1. The van der Waals surface area contributed by atoms with E-state index in [0.29, 0.717) is 18.5 Å². The zero-order valence-corrected chi connectivity index (χ0v) is 16.3. The van der Waals surface area contributed by atoms with E-state index in [-0.39, 0.29) is 19.1 Å². The zero-order chi connectivity index (χ0) is 19.8. The predicted octanol–water partition coefficient (Wildman–Crippen LogP) is 2.97. The van der Waals surface area contributed by atoms with Gasteiger partial charge in [-0.05, 0) is 51.5 Å². The number of amides is 1. The van der Waals surface area contributed by atoms with Gasteiger partial charge in [0.15, 0.2) is 0 Å². The molecule has 1 amide bonds. The highest BCUT2D eigenvalue weighted by Gasteiger charge is 2.46. The molecule has 0 spiro atoms. The summed E-state index contributed by atoms with van der Waals surface area (Å²) < 4.78 is 7.19. The van der Waals surface area contributed by atoms with E-state index in [1.54, 1.807) is 4.90 Å². The molecule has 1 aromatic carbocycles. The van der Waals surface area contributed by atoms with Crippen molar-refractivity contribution in [2.45, 2.75) is 27.2 Å². The van der Waals surface area contributed by atoms with Crippen molar-refractivity contribution in [3.63, 3.8) is 0 Å². The van der Waals surface area contributed by atoms with Gasteiger partial charge in [-0.2, -0.15) is 0 Å². The molecule has 0 aliphatic carbocycles. The Morgan fingerprint density at radius 1 is 1.15 bits per heavy atom. The SMILES string of the molecule is COCC1(C(=O)O)CCN(C(=O)c2cc(C)ccc2-n2c(C)ccc2C)C1. The van der Waals surface area contributed by atoms with E-state index in [2.05, 4.69) is 4.57 Å². The van der Waals surface area contributed by atoms with Gasteiger partial charge in [-0.25, -0.2) is 0 Å². The Morgan fingerprint density at radius 2 is 1.81 bits per heavy atom. The summed E-state index contributed by atoms with van der Waals surface area (Å²) >= 11 is 0. The van der Waals surface area contributed by atoms with Crippen LogP contribution in [0, 0.1) is 26.2 Å². The number of aromatic nitrogens is 1. The van der Waals surface area contributed by atoms with Gasteiger partial charge in [0.1, 0.15) is 5.41 Å². The minimum absolute atomic E-state index is 0.0998. The molecule has 1 atom stereocenters. The number of likely N-dealkylation sites (tertiary alicyclic amines) is 1. The van der Waals surface area contributed by atoms with E-state index in [1.807, 2.05) is 51.1 Å². The first-order chi connectivity index (χ1) is 12.8. The molecule has 2 aromatic rings. The van der Waals surface area contributed by atoms with E-state index in [0.717, 1.165) is 22.6 Å². The Kier molecular flexibility index (Phi) is 5.11. The molecule has 1 unspecified atom stereocenters. The number of carbonyl (C=O) groups is 2. The first-order valence-corrected chi connectivity index (χ1v) is 9.07. The minimum atomic E-state index is -1.03. The summed E-state index contributed by atoms with van der Waals surface area (Å²) in [5.41, 5.74) is 3.47. The summed E-state index contributed by atoms with van der Waals surface area (Å²) in [7, 11) is 1.49. The normalized spacial score (nSPS) is 19.5. The molecule has 1 N–H and O–H groups in total. The van der Waals surface area contributed by atoms with Gasteiger partial charge in [0.2, 0.25) is 0 Å². The molecule has 1 saturated heterocycles. The van der Waals surface area contributed by atoms with E-state index in [4.69, 9.17) is 4.74 Å². The van der Waals surface area contributed by atoms with Crippen LogP contribution in [-0.4, -0.2) is 53.3 Å². The van der Waals surface area contributed by atoms with Crippen molar-refractivity contribution in [1.82, 2.24) is 9.47 Å². The van der Waals surface area contributed by atoms with E-state index in [9.17, 15) is 14.7 Å². The number of carbonyl (C=O) groups excluding carboxylic acids is 1. The average Bonchev–Trinajstić information content (AvgIpc) is 3.20. The maximum Gasteiger partial charge on any atom is 0.313 e. The molecule has 0 radical (unpaired) electrons. The molecular weight excluding hydrogens is 344 g/mol. The molecule has 27 heavy (non-hydrogen) atoms. The van der Waals surface area contributed by atoms with Gasteiger partial charge in [-0.1, -0.05) is 11.6 Å². The third-order valence-corrected chi connectivity index (χ3v) is 5.41. The molecule has 1 aliphatic heterocycles. The number of methoxy groups -OCH3 is 1. The third-order valence-electron chi connectivity index (χ3n) is 5.41. The largest absolute Gasteiger partial charge is 0.481 e. The molecule has 144 valence electrons. The molecule has 6 heteroatoms. The fourth-order valence-corrected chi connectivity index (χ4v) is 3.91. The van der Waals surface area contributed by atoms with Crippen molar-refractivity contribution in [3.05, 3.63) is 52.8 Å². The Hall–Kier alpha value is -2.60. The van der Waals surface area contributed by atoms with Crippen LogP contribution in [0.2, 0.25) is 0 Å². The van der Waals surface area contributed by atoms with Crippen LogP contribution in [0.25, 0.3) is 5.69 Å². The Balaban J connectivity index is 1.99. The van der Waals surface area contributed by atoms with Gasteiger partial charge in [-0.15, -0.1) is 0 Å². The average molecular weight is 370 g/mol. The van der Waals surface area contributed by atoms with E-state index < -0.39 is 11.4 Å². The number of hydrogen-bond acceptors (Lipinski definition) is 3. The summed E-state index contributed by atoms with van der Waals surface area (Å²) in [5.74, 6) is -1.05. The lowest BCUT2D eigenvalue weighted by atomic mass is 9.88. The van der Waals surface area contributed by atoms with E-state index >= 15 is 0 Å². The van der Waals surface area contributed by atoms with Crippen LogP contribution in [0.15, 0.2) is 30.3 Å². The highest BCUT2D eigenvalue weighted by atomic mass is 16.5. The third kappa shape index (κ3) is 3.37. The Morgan fingerprint density at radius 3 is 2.41 bits per heavy atom. The maximum atomic E-state index is 13.3. The van der Waals surface area contributed by atoms with Gasteiger partial charge in [-0.3, -0.25) is 9.59 Å². The highest BCUT2D eigenvalue weighted by Crippen LogP contribution is 2.33. The van der Waals surface area contributed by atoms with Crippen LogP contribution in [0.1, 0.15) is 33.7 Å². The van der Waals surface area contributed by atoms with Gasteiger partial charge in [0.25, 0.3) is 5.91 Å². The van der Waals surface area contributed by atoms with Crippen LogP contribution in [0.3, 0.4) is 0 Å². The Labute approximate surface area is 159 Å². The standard InChI is InChI=1S/C21H26N2O4/c1-14-5-8-18(23-15(2)6-7-16(23)3)17(11-14)19(24)22-10-9-21(12-22,13-27-4)20(25)26/h5-8,11H,9-10,12-13H2,1-4H3,(H,25,26). The molecule has 1 aromatic heterocycles. The first-order valence-electron chi connectivity index (χ1n) is 9.07. The molecule has 6 nitrogen and oxygen atoms in total. The second-order valence-electron chi connectivity index (χ2n) is 7.47. The highest BCUT2D eigenvalue weighted by molar-refractivity contribution is 5.98. The van der Waals surface area contributed by atoms with Gasteiger partial charge in [0.05, 0.1) is 17.9 Å². The molecule has 1 fully saturated rings. The monoisotopic (exact) mass is 370 g/mol. The van der Waals surface area contributed by atoms with Gasteiger partial charge < -0.3 is 19.3 Å². The van der Waals surface area contributed by atoms with E-state index in [1.165, 1.54) is 7.11 Å². The number of aliphatic carboxylic acids is 1.